The SMILES string of the molecule is O=CCCCC(=O)NCCCCC(O)CO. The minimum atomic E-state index is -0.650. The molecular formula is C11H21NO4. The van der Waals surface area contributed by atoms with Crippen LogP contribution in [0.4, 0.5) is 0 Å². The van der Waals surface area contributed by atoms with Gasteiger partial charge in [-0.15, -0.1) is 0 Å². The first-order valence-electron chi connectivity index (χ1n) is 5.70. The van der Waals surface area contributed by atoms with E-state index in [1.54, 1.807) is 0 Å². The molecule has 0 saturated heterocycles. The summed E-state index contributed by atoms with van der Waals surface area (Å²) in [5.41, 5.74) is 0. The summed E-state index contributed by atoms with van der Waals surface area (Å²) in [5, 5.41) is 20.3. The van der Waals surface area contributed by atoms with Crippen LogP contribution in [0.2, 0.25) is 0 Å². The zero-order chi connectivity index (χ0) is 12.2. The fourth-order valence-electron chi connectivity index (χ4n) is 1.26. The van der Waals surface area contributed by atoms with Gasteiger partial charge in [0.05, 0.1) is 12.7 Å². The molecule has 94 valence electrons. The summed E-state index contributed by atoms with van der Waals surface area (Å²) in [4.78, 5) is 21.2. The van der Waals surface area contributed by atoms with Crippen molar-refractivity contribution in [3.05, 3.63) is 0 Å². The van der Waals surface area contributed by atoms with Gasteiger partial charge < -0.3 is 20.3 Å². The lowest BCUT2D eigenvalue weighted by Gasteiger charge is -2.07. The van der Waals surface area contributed by atoms with E-state index in [2.05, 4.69) is 5.32 Å². The number of amides is 1. The molecule has 0 fully saturated rings. The molecule has 5 heteroatoms. The zero-order valence-electron chi connectivity index (χ0n) is 9.52. The fourth-order valence-corrected chi connectivity index (χ4v) is 1.26. The Morgan fingerprint density at radius 1 is 1.31 bits per heavy atom. The highest BCUT2D eigenvalue weighted by atomic mass is 16.3. The molecule has 0 rings (SSSR count). The van der Waals surface area contributed by atoms with Crippen LogP contribution < -0.4 is 5.32 Å². The van der Waals surface area contributed by atoms with Crippen LogP contribution in [-0.4, -0.2) is 41.7 Å². The van der Waals surface area contributed by atoms with Gasteiger partial charge in [0.2, 0.25) is 5.91 Å². The van der Waals surface area contributed by atoms with Crippen LogP contribution >= 0.6 is 0 Å². The highest BCUT2D eigenvalue weighted by molar-refractivity contribution is 5.76. The molecule has 0 aliphatic rings. The third kappa shape index (κ3) is 9.61. The summed E-state index contributed by atoms with van der Waals surface area (Å²) in [6, 6.07) is 0. The van der Waals surface area contributed by atoms with Crippen molar-refractivity contribution in [1.82, 2.24) is 5.32 Å². The van der Waals surface area contributed by atoms with E-state index >= 15 is 0 Å². The van der Waals surface area contributed by atoms with E-state index in [4.69, 9.17) is 10.2 Å². The number of carbonyl (C=O) groups is 2. The van der Waals surface area contributed by atoms with Crippen LogP contribution in [0.3, 0.4) is 0 Å². The molecule has 1 atom stereocenters. The van der Waals surface area contributed by atoms with Crippen molar-refractivity contribution < 1.29 is 19.8 Å². The molecule has 0 heterocycles. The summed E-state index contributed by atoms with van der Waals surface area (Å²) in [7, 11) is 0. The van der Waals surface area contributed by atoms with E-state index in [0.717, 1.165) is 19.1 Å². The van der Waals surface area contributed by atoms with Crippen molar-refractivity contribution in [3.63, 3.8) is 0 Å². The Balaban J connectivity index is 3.24. The molecule has 16 heavy (non-hydrogen) atoms. The summed E-state index contributed by atoms with van der Waals surface area (Å²) in [5.74, 6) is -0.0374. The maximum atomic E-state index is 11.2. The first kappa shape index (κ1) is 15.1. The van der Waals surface area contributed by atoms with Gasteiger partial charge in [-0.05, 0) is 25.7 Å². The van der Waals surface area contributed by atoms with Crippen molar-refractivity contribution in [3.8, 4) is 0 Å². The maximum absolute atomic E-state index is 11.2. The van der Waals surface area contributed by atoms with E-state index in [0.29, 0.717) is 32.2 Å². The smallest absolute Gasteiger partial charge is 0.220 e. The molecule has 0 aromatic rings. The molecular weight excluding hydrogens is 210 g/mol. The van der Waals surface area contributed by atoms with Crippen LogP contribution in [0.5, 0.6) is 0 Å². The topological polar surface area (TPSA) is 86.6 Å². The van der Waals surface area contributed by atoms with Crippen LogP contribution in [0.15, 0.2) is 0 Å². The molecule has 3 N–H and O–H groups in total. The molecule has 0 aliphatic carbocycles. The first-order valence-corrected chi connectivity index (χ1v) is 5.70. The fraction of sp³-hybridized carbons (Fsp3) is 0.818. The lowest BCUT2D eigenvalue weighted by atomic mass is 10.1. The largest absolute Gasteiger partial charge is 0.394 e. The average molecular weight is 231 g/mol. The lowest BCUT2D eigenvalue weighted by molar-refractivity contribution is -0.121. The monoisotopic (exact) mass is 231 g/mol. The number of rotatable bonds is 10. The molecule has 0 aromatic carbocycles. The number of aliphatic hydroxyl groups excluding tert-OH is 2. The standard InChI is InChI=1S/C11H21NO4/c13-8-4-2-6-11(16)12-7-3-1-5-10(15)9-14/h8,10,14-15H,1-7,9H2,(H,12,16). The number of carbonyl (C=O) groups excluding carboxylic acids is 2. The molecule has 0 saturated carbocycles. The van der Waals surface area contributed by atoms with E-state index in [9.17, 15) is 9.59 Å². The summed E-state index contributed by atoms with van der Waals surface area (Å²) in [6.07, 6.45) is 3.68. The zero-order valence-corrected chi connectivity index (χ0v) is 9.52. The maximum Gasteiger partial charge on any atom is 0.220 e. The van der Waals surface area contributed by atoms with Crippen LogP contribution in [-0.2, 0) is 9.59 Å². The second-order valence-electron chi connectivity index (χ2n) is 3.74. The predicted octanol–water partition coefficient (Wildman–Crippen LogP) is -0.00470. The van der Waals surface area contributed by atoms with E-state index in [1.165, 1.54) is 0 Å². The van der Waals surface area contributed by atoms with Crippen LogP contribution in [0.25, 0.3) is 0 Å². The second kappa shape index (κ2) is 10.6. The number of aldehydes is 1. The normalized spacial score (nSPS) is 12.1. The van der Waals surface area contributed by atoms with Crippen molar-refractivity contribution >= 4 is 12.2 Å². The van der Waals surface area contributed by atoms with Crippen molar-refractivity contribution in [1.29, 1.82) is 0 Å². The van der Waals surface area contributed by atoms with Crippen molar-refractivity contribution in [2.75, 3.05) is 13.2 Å². The summed E-state index contributed by atoms with van der Waals surface area (Å²) in [6.45, 7) is 0.371. The minimum absolute atomic E-state index is 0.0374. The van der Waals surface area contributed by atoms with E-state index in [1.807, 2.05) is 0 Å². The molecule has 0 spiro atoms. The lowest BCUT2D eigenvalue weighted by Crippen LogP contribution is -2.24. The number of unbranched alkanes of at least 4 members (excludes halogenated alkanes) is 2. The first-order chi connectivity index (χ1) is 7.70. The Bertz CT molecular complexity index is 196. The van der Waals surface area contributed by atoms with Gasteiger partial charge in [0, 0.05) is 19.4 Å². The number of hydrogen-bond donors (Lipinski definition) is 3. The third-order valence-electron chi connectivity index (χ3n) is 2.22. The Hall–Kier alpha value is -0.940. The Labute approximate surface area is 95.9 Å². The van der Waals surface area contributed by atoms with E-state index < -0.39 is 6.10 Å². The van der Waals surface area contributed by atoms with Crippen molar-refractivity contribution in [2.45, 2.75) is 44.6 Å². The minimum Gasteiger partial charge on any atom is -0.394 e. The second-order valence-corrected chi connectivity index (χ2v) is 3.74. The van der Waals surface area contributed by atoms with Gasteiger partial charge in [-0.25, -0.2) is 0 Å². The molecule has 5 nitrogen and oxygen atoms in total. The molecule has 0 aromatic heterocycles. The molecule has 0 aliphatic heterocycles. The Morgan fingerprint density at radius 2 is 2.06 bits per heavy atom. The Kier molecular flexibility index (Phi) is 9.95. The summed E-state index contributed by atoms with van der Waals surface area (Å²) < 4.78 is 0. The number of hydrogen-bond acceptors (Lipinski definition) is 4. The predicted molar refractivity (Wildman–Crippen MR) is 59.9 cm³/mol. The highest BCUT2D eigenvalue weighted by Gasteiger charge is 2.02. The number of aliphatic hydroxyl groups is 2. The van der Waals surface area contributed by atoms with Gasteiger partial charge in [0.1, 0.15) is 6.29 Å². The molecule has 1 unspecified atom stereocenters. The van der Waals surface area contributed by atoms with E-state index in [-0.39, 0.29) is 12.5 Å². The third-order valence-corrected chi connectivity index (χ3v) is 2.22. The van der Waals surface area contributed by atoms with Gasteiger partial charge in [0.15, 0.2) is 0 Å². The molecule has 1 amide bonds. The van der Waals surface area contributed by atoms with Crippen molar-refractivity contribution in [2.24, 2.45) is 0 Å². The van der Waals surface area contributed by atoms with Gasteiger partial charge in [-0.2, -0.15) is 0 Å². The van der Waals surface area contributed by atoms with Gasteiger partial charge in [-0.1, -0.05) is 0 Å². The highest BCUT2D eigenvalue weighted by Crippen LogP contribution is 1.99. The van der Waals surface area contributed by atoms with Crippen LogP contribution in [0.1, 0.15) is 38.5 Å². The molecule has 0 bridgehead atoms. The van der Waals surface area contributed by atoms with Gasteiger partial charge in [-0.3, -0.25) is 4.79 Å². The Morgan fingerprint density at radius 3 is 2.69 bits per heavy atom. The summed E-state index contributed by atoms with van der Waals surface area (Å²) >= 11 is 0. The van der Waals surface area contributed by atoms with Crippen LogP contribution in [0, 0.1) is 0 Å². The van der Waals surface area contributed by atoms with Gasteiger partial charge >= 0.3 is 0 Å². The van der Waals surface area contributed by atoms with Gasteiger partial charge in [0.25, 0.3) is 0 Å². The quantitative estimate of drug-likeness (QED) is 0.365. The molecule has 0 radical (unpaired) electrons. The average Bonchev–Trinajstić information content (AvgIpc) is 2.28. The number of nitrogens with one attached hydrogen (secondary N) is 1.